The predicted octanol–water partition coefficient (Wildman–Crippen LogP) is 3.27. The van der Waals surface area contributed by atoms with Crippen molar-refractivity contribution in [3.8, 4) is 0 Å². The highest BCUT2D eigenvalue weighted by atomic mass is 16.5. The van der Waals surface area contributed by atoms with Crippen LogP contribution in [0.25, 0.3) is 0 Å². The molecule has 0 saturated carbocycles. The molecule has 0 amide bonds. The second-order valence-corrected chi connectivity index (χ2v) is 4.67. The van der Waals surface area contributed by atoms with E-state index in [-0.39, 0.29) is 5.97 Å². The molecule has 3 nitrogen and oxygen atoms in total. The average Bonchev–Trinajstić information content (AvgIpc) is 2.32. The van der Waals surface area contributed by atoms with Gasteiger partial charge < -0.3 is 10.5 Å². The van der Waals surface area contributed by atoms with E-state index in [1.54, 1.807) is 0 Å². The highest BCUT2D eigenvalue weighted by Crippen LogP contribution is 2.15. The topological polar surface area (TPSA) is 52.3 Å². The first-order valence-corrected chi connectivity index (χ1v) is 7.10. The van der Waals surface area contributed by atoms with Gasteiger partial charge in [-0.2, -0.15) is 0 Å². The van der Waals surface area contributed by atoms with Gasteiger partial charge in [-0.15, -0.1) is 0 Å². The molecule has 1 atom stereocenters. The molecule has 0 aromatic rings. The van der Waals surface area contributed by atoms with Crippen LogP contribution in [-0.2, 0) is 9.53 Å². The molecule has 0 aromatic carbocycles. The normalized spacial score (nSPS) is 12.4. The third-order valence-electron chi connectivity index (χ3n) is 3.06. The van der Waals surface area contributed by atoms with Crippen molar-refractivity contribution in [3.63, 3.8) is 0 Å². The van der Waals surface area contributed by atoms with Gasteiger partial charge in [-0.1, -0.05) is 45.4 Å². The van der Waals surface area contributed by atoms with E-state index >= 15 is 0 Å². The van der Waals surface area contributed by atoms with E-state index in [0.717, 1.165) is 6.42 Å². The standard InChI is InChI=1S/C14H29NO2/c1-3-5-6-7-8-9-10-13(12-15)11-14(16)17-4-2/h13H,3-12,15H2,1-2H3. The molecule has 0 radical (unpaired) electrons. The smallest absolute Gasteiger partial charge is 0.306 e. The van der Waals surface area contributed by atoms with Crippen molar-refractivity contribution in [2.24, 2.45) is 11.7 Å². The number of carbonyl (C=O) groups excluding carboxylic acids is 1. The van der Waals surface area contributed by atoms with E-state index in [1.807, 2.05) is 6.92 Å². The van der Waals surface area contributed by atoms with Crippen molar-refractivity contribution in [1.29, 1.82) is 0 Å². The number of ether oxygens (including phenoxy) is 1. The summed E-state index contributed by atoms with van der Waals surface area (Å²) >= 11 is 0. The second kappa shape index (κ2) is 11.9. The van der Waals surface area contributed by atoms with Gasteiger partial charge in [0.15, 0.2) is 0 Å². The summed E-state index contributed by atoms with van der Waals surface area (Å²) in [7, 11) is 0. The van der Waals surface area contributed by atoms with Crippen molar-refractivity contribution >= 4 is 5.97 Å². The van der Waals surface area contributed by atoms with Crippen LogP contribution in [0.15, 0.2) is 0 Å². The van der Waals surface area contributed by atoms with E-state index < -0.39 is 0 Å². The Kier molecular flexibility index (Phi) is 11.5. The summed E-state index contributed by atoms with van der Waals surface area (Å²) in [6, 6.07) is 0. The molecular formula is C14H29NO2. The minimum Gasteiger partial charge on any atom is -0.466 e. The number of hydrogen-bond donors (Lipinski definition) is 1. The van der Waals surface area contributed by atoms with E-state index in [2.05, 4.69) is 6.92 Å². The monoisotopic (exact) mass is 243 g/mol. The van der Waals surface area contributed by atoms with E-state index in [0.29, 0.717) is 25.5 Å². The summed E-state index contributed by atoms with van der Waals surface area (Å²) in [5.41, 5.74) is 5.67. The molecule has 1 unspecified atom stereocenters. The molecule has 0 heterocycles. The van der Waals surface area contributed by atoms with Gasteiger partial charge >= 0.3 is 5.97 Å². The molecule has 0 aliphatic heterocycles. The largest absolute Gasteiger partial charge is 0.466 e. The Balaban J connectivity index is 3.50. The van der Waals surface area contributed by atoms with Gasteiger partial charge in [0, 0.05) is 6.42 Å². The fourth-order valence-electron chi connectivity index (χ4n) is 1.97. The summed E-state index contributed by atoms with van der Waals surface area (Å²) in [6.07, 6.45) is 9.26. The maximum absolute atomic E-state index is 11.3. The molecule has 0 fully saturated rings. The summed E-state index contributed by atoms with van der Waals surface area (Å²) in [5.74, 6) is 0.203. The molecule has 17 heavy (non-hydrogen) atoms. The summed E-state index contributed by atoms with van der Waals surface area (Å²) < 4.78 is 4.94. The number of carbonyl (C=O) groups is 1. The highest BCUT2D eigenvalue weighted by molar-refractivity contribution is 5.69. The SMILES string of the molecule is CCCCCCCCC(CN)CC(=O)OCC. The Bertz CT molecular complexity index is 183. The lowest BCUT2D eigenvalue weighted by atomic mass is 9.97. The fraction of sp³-hybridized carbons (Fsp3) is 0.929. The molecule has 0 aliphatic carbocycles. The van der Waals surface area contributed by atoms with Gasteiger partial charge in [0.2, 0.25) is 0 Å². The van der Waals surface area contributed by atoms with Crippen LogP contribution in [0, 0.1) is 5.92 Å². The average molecular weight is 243 g/mol. The van der Waals surface area contributed by atoms with Crippen molar-refractivity contribution in [1.82, 2.24) is 0 Å². The maximum Gasteiger partial charge on any atom is 0.306 e. The van der Waals surface area contributed by atoms with Crippen LogP contribution in [0.4, 0.5) is 0 Å². The molecule has 0 saturated heterocycles. The Morgan fingerprint density at radius 3 is 2.35 bits per heavy atom. The zero-order valence-electron chi connectivity index (χ0n) is 11.5. The summed E-state index contributed by atoms with van der Waals surface area (Å²) in [4.78, 5) is 11.3. The maximum atomic E-state index is 11.3. The van der Waals surface area contributed by atoms with Gasteiger partial charge in [-0.25, -0.2) is 0 Å². The van der Waals surface area contributed by atoms with Crippen LogP contribution in [0.3, 0.4) is 0 Å². The van der Waals surface area contributed by atoms with Crippen LogP contribution in [0.5, 0.6) is 0 Å². The van der Waals surface area contributed by atoms with Crippen molar-refractivity contribution < 1.29 is 9.53 Å². The minimum atomic E-state index is -0.103. The van der Waals surface area contributed by atoms with Gasteiger partial charge in [0.05, 0.1) is 6.61 Å². The number of hydrogen-bond acceptors (Lipinski definition) is 3. The van der Waals surface area contributed by atoms with E-state index in [4.69, 9.17) is 10.5 Å². The first-order chi connectivity index (χ1) is 8.24. The summed E-state index contributed by atoms with van der Waals surface area (Å²) in [6.45, 7) is 5.12. The van der Waals surface area contributed by atoms with E-state index in [1.165, 1.54) is 38.5 Å². The van der Waals surface area contributed by atoms with Gasteiger partial charge in [0.1, 0.15) is 0 Å². The van der Waals surface area contributed by atoms with Crippen molar-refractivity contribution in [2.75, 3.05) is 13.2 Å². The third-order valence-corrected chi connectivity index (χ3v) is 3.06. The van der Waals surface area contributed by atoms with Crippen LogP contribution in [0.1, 0.15) is 65.2 Å². The zero-order chi connectivity index (χ0) is 12.9. The molecule has 102 valence electrons. The fourth-order valence-corrected chi connectivity index (χ4v) is 1.97. The Labute approximate surface area is 106 Å². The molecule has 3 heteroatoms. The Hall–Kier alpha value is -0.570. The first kappa shape index (κ1) is 16.4. The molecule has 0 aliphatic rings. The van der Waals surface area contributed by atoms with Gasteiger partial charge in [0.25, 0.3) is 0 Å². The number of esters is 1. The zero-order valence-corrected chi connectivity index (χ0v) is 11.5. The molecule has 0 rings (SSSR count). The lowest BCUT2D eigenvalue weighted by Crippen LogP contribution is -2.19. The lowest BCUT2D eigenvalue weighted by molar-refractivity contribution is -0.144. The quantitative estimate of drug-likeness (QED) is 0.447. The highest BCUT2D eigenvalue weighted by Gasteiger charge is 2.12. The van der Waals surface area contributed by atoms with Crippen molar-refractivity contribution in [2.45, 2.75) is 65.2 Å². The van der Waals surface area contributed by atoms with Crippen molar-refractivity contribution in [3.05, 3.63) is 0 Å². The van der Waals surface area contributed by atoms with Gasteiger partial charge in [-0.3, -0.25) is 4.79 Å². The first-order valence-electron chi connectivity index (χ1n) is 7.10. The second-order valence-electron chi connectivity index (χ2n) is 4.67. The van der Waals surface area contributed by atoms with Gasteiger partial charge in [-0.05, 0) is 25.8 Å². The summed E-state index contributed by atoms with van der Waals surface area (Å²) in [5, 5.41) is 0. The van der Waals surface area contributed by atoms with E-state index in [9.17, 15) is 4.79 Å². The number of rotatable bonds is 11. The molecule has 0 spiro atoms. The van der Waals surface area contributed by atoms with Crippen LogP contribution < -0.4 is 5.73 Å². The third kappa shape index (κ3) is 10.3. The molecular weight excluding hydrogens is 214 g/mol. The van der Waals surface area contributed by atoms with Crippen LogP contribution in [0.2, 0.25) is 0 Å². The lowest BCUT2D eigenvalue weighted by Gasteiger charge is -2.13. The Morgan fingerprint density at radius 2 is 1.76 bits per heavy atom. The Morgan fingerprint density at radius 1 is 1.12 bits per heavy atom. The molecule has 0 bridgehead atoms. The minimum absolute atomic E-state index is 0.103. The predicted molar refractivity (Wildman–Crippen MR) is 71.8 cm³/mol. The number of nitrogens with two attached hydrogens (primary N) is 1. The van der Waals surface area contributed by atoms with Crippen LogP contribution in [-0.4, -0.2) is 19.1 Å². The molecule has 0 aromatic heterocycles. The number of unbranched alkanes of at least 4 members (excludes halogenated alkanes) is 5. The van der Waals surface area contributed by atoms with Crippen LogP contribution >= 0.6 is 0 Å². The molecule has 2 N–H and O–H groups in total.